The van der Waals surface area contributed by atoms with E-state index in [9.17, 15) is 15.0 Å². The maximum atomic E-state index is 11.3. The normalized spacial score (nSPS) is 13.1. The van der Waals surface area contributed by atoms with Crippen molar-refractivity contribution in [2.45, 2.75) is 38.8 Å². The topological polar surface area (TPSA) is 88.2 Å². The fourth-order valence-corrected chi connectivity index (χ4v) is 2.27. The number of carbonyl (C=O) groups is 1. The lowest BCUT2D eigenvalue weighted by Crippen LogP contribution is -2.23. The van der Waals surface area contributed by atoms with Crippen LogP contribution in [0.5, 0.6) is 0 Å². The molecule has 0 bridgehead atoms. The van der Waals surface area contributed by atoms with E-state index in [0.29, 0.717) is 5.69 Å². The zero-order valence-electron chi connectivity index (χ0n) is 12.3. The number of nitrogens with zero attached hydrogens (tertiary/aromatic N) is 3. The summed E-state index contributed by atoms with van der Waals surface area (Å²) < 4.78 is 1.47. The summed E-state index contributed by atoms with van der Waals surface area (Å²) in [5.41, 5.74) is 0.755. The van der Waals surface area contributed by atoms with Gasteiger partial charge in [-0.15, -0.1) is 5.10 Å². The Balaban J connectivity index is 2.35. The van der Waals surface area contributed by atoms with Crippen LogP contribution >= 0.6 is 0 Å². The third-order valence-electron chi connectivity index (χ3n) is 3.18. The summed E-state index contributed by atoms with van der Waals surface area (Å²) in [6.07, 6.45) is -0.768. The largest absolute Gasteiger partial charge is 0.476 e. The Bertz CT molecular complexity index is 629. The molecule has 1 atom stereocenters. The van der Waals surface area contributed by atoms with Crippen LogP contribution in [0.15, 0.2) is 30.3 Å². The van der Waals surface area contributed by atoms with Gasteiger partial charge in [-0.3, -0.25) is 0 Å². The molecule has 2 N–H and O–H groups in total. The summed E-state index contributed by atoms with van der Waals surface area (Å²) in [6.45, 7) is 5.84. The molecule has 112 valence electrons. The van der Waals surface area contributed by atoms with Gasteiger partial charge in [0.05, 0.1) is 18.3 Å². The smallest absolute Gasteiger partial charge is 0.358 e. The summed E-state index contributed by atoms with van der Waals surface area (Å²) in [6, 6.07) is 9.18. The molecule has 0 aliphatic heterocycles. The molecular weight excluding hydrogens is 270 g/mol. The van der Waals surface area contributed by atoms with Crippen LogP contribution < -0.4 is 0 Å². The lowest BCUT2D eigenvalue weighted by atomic mass is 9.90. The molecule has 21 heavy (non-hydrogen) atoms. The van der Waals surface area contributed by atoms with Crippen LogP contribution in [0.1, 0.15) is 48.6 Å². The van der Waals surface area contributed by atoms with E-state index >= 15 is 0 Å². The molecular formula is C15H19N3O3. The molecule has 0 spiro atoms. The fourth-order valence-electron chi connectivity index (χ4n) is 2.27. The van der Waals surface area contributed by atoms with Gasteiger partial charge in [0.25, 0.3) is 0 Å². The number of hydrogen-bond donors (Lipinski definition) is 2. The first-order valence-electron chi connectivity index (χ1n) is 6.71. The van der Waals surface area contributed by atoms with Crippen LogP contribution in [-0.2, 0) is 12.0 Å². The maximum absolute atomic E-state index is 11.3. The zero-order chi connectivity index (χ0) is 15.6. The summed E-state index contributed by atoms with van der Waals surface area (Å²) in [4.78, 5) is 11.3. The molecule has 6 nitrogen and oxygen atoms in total. The number of aromatic nitrogens is 3. The van der Waals surface area contributed by atoms with E-state index < -0.39 is 17.5 Å². The monoisotopic (exact) mass is 289 g/mol. The summed E-state index contributed by atoms with van der Waals surface area (Å²) in [5, 5.41) is 27.1. The number of carboxylic acid groups (broad SMARTS) is 1. The van der Waals surface area contributed by atoms with Gasteiger partial charge in [-0.1, -0.05) is 56.3 Å². The Kier molecular flexibility index (Phi) is 4.09. The number of aliphatic hydroxyl groups excluding tert-OH is 1. The van der Waals surface area contributed by atoms with Gasteiger partial charge in [0.2, 0.25) is 0 Å². The first kappa shape index (κ1) is 15.2. The van der Waals surface area contributed by atoms with Crippen LogP contribution in [0.2, 0.25) is 0 Å². The van der Waals surface area contributed by atoms with E-state index in [1.54, 1.807) is 0 Å². The van der Waals surface area contributed by atoms with Gasteiger partial charge in [0, 0.05) is 5.41 Å². The van der Waals surface area contributed by atoms with Crippen LogP contribution in [-0.4, -0.2) is 31.2 Å². The molecule has 1 aromatic carbocycles. The predicted octanol–water partition coefficient (Wildman–Crippen LogP) is 2.01. The van der Waals surface area contributed by atoms with E-state index in [-0.39, 0.29) is 12.2 Å². The highest BCUT2D eigenvalue weighted by atomic mass is 16.4. The molecule has 1 aromatic heterocycles. The standard InChI is InChI=1S/C15H19N3O3/c1-15(2,3)13-12(14(20)21)16-17-18(13)9-11(19)10-7-5-4-6-8-10/h4-8,11,19H,9H2,1-3H3,(H,20,21). The minimum Gasteiger partial charge on any atom is -0.476 e. The molecule has 0 aliphatic rings. The molecule has 1 heterocycles. The van der Waals surface area contributed by atoms with E-state index in [2.05, 4.69) is 10.3 Å². The molecule has 0 saturated heterocycles. The quantitative estimate of drug-likeness (QED) is 0.898. The van der Waals surface area contributed by atoms with Crippen molar-refractivity contribution in [1.29, 1.82) is 0 Å². The van der Waals surface area contributed by atoms with E-state index in [1.807, 2.05) is 51.1 Å². The molecule has 2 aromatic rings. The Labute approximate surface area is 123 Å². The number of hydrogen-bond acceptors (Lipinski definition) is 4. The van der Waals surface area contributed by atoms with E-state index in [0.717, 1.165) is 5.56 Å². The highest BCUT2D eigenvalue weighted by Crippen LogP contribution is 2.26. The van der Waals surface area contributed by atoms with Crippen molar-refractivity contribution in [3.05, 3.63) is 47.3 Å². The van der Waals surface area contributed by atoms with Crippen molar-refractivity contribution in [2.24, 2.45) is 0 Å². The Morgan fingerprint density at radius 3 is 2.43 bits per heavy atom. The summed E-state index contributed by atoms with van der Waals surface area (Å²) in [7, 11) is 0. The van der Waals surface area contributed by atoms with Crippen molar-refractivity contribution < 1.29 is 15.0 Å². The van der Waals surface area contributed by atoms with Crippen molar-refractivity contribution in [3.8, 4) is 0 Å². The number of aliphatic hydroxyl groups is 1. The molecule has 2 rings (SSSR count). The number of aromatic carboxylic acids is 1. The van der Waals surface area contributed by atoms with Crippen molar-refractivity contribution in [1.82, 2.24) is 15.0 Å². The van der Waals surface area contributed by atoms with E-state index in [1.165, 1.54) is 4.68 Å². The minimum atomic E-state index is -1.11. The van der Waals surface area contributed by atoms with Crippen molar-refractivity contribution in [2.75, 3.05) is 0 Å². The summed E-state index contributed by atoms with van der Waals surface area (Å²) >= 11 is 0. The molecule has 0 aliphatic carbocycles. The van der Waals surface area contributed by atoms with Crippen molar-refractivity contribution >= 4 is 5.97 Å². The molecule has 6 heteroatoms. The number of rotatable bonds is 4. The first-order chi connectivity index (χ1) is 9.80. The lowest BCUT2D eigenvalue weighted by Gasteiger charge is -2.21. The fraction of sp³-hybridized carbons (Fsp3) is 0.400. The highest BCUT2D eigenvalue weighted by Gasteiger charge is 2.29. The van der Waals surface area contributed by atoms with Gasteiger partial charge in [0.1, 0.15) is 0 Å². The third-order valence-corrected chi connectivity index (χ3v) is 3.18. The molecule has 0 radical (unpaired) electrons. The number of benzene rings is 1. The van der Waals surface area contributed by atoms with E-state index in [4.69, 9.17) is 0 Å². The Morgan fingerprint density at radius 2 is 1.90 bits per heavy atom. The maximum Gasteiger partial charge on any atom is 0.358 e. The van der Waals surface area contributed by atoms with Gasteiger partial charge in [-0.05, 0) is 5.56 Å². The summed E-state index contributed by atoms with van der Waals surface area (Å²) in [5.74, 6) is -1.11. The average Bonchev–Trinajstić information content (AvgIpc) is 2.83. The molecule has 0 fully saturated rings. The van der Waals surface area contributed by atoms with Crippen LogP contribution in [0.4, 0.5) is 0 Å². The average molecular weight is 289 g/mol. The van der Waals surface area contributed by atoms with Gasteiger partial charge in [-0.25, -0.2) is 9.48 Å². The van der Waals surface area contributed by atoms with Gasteiger partial charge < -0.3 is 10.2 Å². The Morgan fingerprint density at radius 1 is 1.29 bits per heavy atom. The molecule has 1 unspecified atom stereocenters. The van der Waals surface area contributed by atoms with Gasteiger partial charge >= 0.3 is 5.97 Å². The molecule has 0 amide bonds. The first-order valence-corrected chi connectivity index (χ1v) is 6.71. The van der Waals surface area contributed by atoms with Gasteiger partial charge in [-0.2, -0.15) is 0 Å². The molecule has 0 saturated carbocycles. The Hall–Kier alpha value is -2.21. The van der Waals surface area contributed by atoms with Crippen LogP contribution in [0, 0.1) is 0 Å². The number of carboxylic acids is 1. The van der Waals surface area contributed by atoms with Crippen LogP contribution in [0.25, 0.3) is 0 Å². The third kappa shape index (κ3) is 3.28. The SMILES string of the molecule is CC(C)(C)c1c(C(=O)O)nnn1CC(O)c1ccccc1. The lowest BCUT2D eigenvalue weighted by molar-refractivity contribution is 0.0687. The highest BCUT2D eigenvalue weighted by molar-refractivity contribution is 5.86. The predicted molar refractivity (Wildman–Crippen MR) is 77.1 cm³/mol. The second kappa shape index (κ2) is 5.65. The van der Waals surface area contributed by atoms with Gasteiger partial charge in [0.15, 0.2) is 5.69 Å². The minimum absolute atomic E-state index is 0.0669. The second-order valence-corrected chi connectivity index (χ2v) is 5.95. The van der Waals surface area contributed by atoms with Crippen molar-refractivity contribution in [3.63, 3.8) is 0 Å². The zero-order valence-corrected chi connectivity index (χ0v) is 12.3. The van der Waals surface area contributed by atoms with Crippen LogP contribution in [0.3, 0.4) is 0 Å². The second-order valence-electron chi connectivity index (χ2n) is 5.95.